The number of rotatable bonds is 3. The molecule has 6 heteroatoms. The van der Waals surface area contributed by atoms with Crippen LogP contribution in [0.4, 0.5) is 5.95 Å². The van der Waals surface area contributed by atoms with Gasteiger partial charge in [0.25, 0.3) is 5.22 Å². The Hall–Kier alpha value is -1.56. The molecule has 1 N–H and O–H groups in total. The topological polar surface area (TPSA) is 63.8 Å². The molecule has 72 valence electrons. The summed E-state index contributed by atoms with van der Waals surface area (Å²) in [6.07, 6.45) is 4.81. The molecule has 14 heavy (non-hydrogen) atoms. The average Bonchev–Trinajstić information content (AvgIpc) is 2.71. The molecule has 0 saturated carbocycles. The van der Waals surface area contributed by atoms with Gasteiger partial charge in [-0.15, -0.1) is 0 Å². The van der Waals surface area contributed by atoms with Crippen LogP contribution in [0.25, 0.3) is 0 Å². The first-order valence-electron chi connectivity index (χ1n) is 3.96. The Kier molecular flexibility index (Phi) is 2.64. The number of hydrogen-bond acceptors (Lipinski definition) is 6. The molecule has 0 aliphatic heterocycles. The molecule has 0 atom stereocenters. The van der Waals surface area contributed by atoms with Crippen molar-refractivity contribution in [3.05, 3.63) is 24.7 Å². The van der Waals surface area contributed by atoms with Crippen LogP contribution in [0.2, 0.25) is 0 Å². The van der Waals surface area contributed by atoms with Crippen LogP contribution in [0.3, 0.4) is 0 Å². The highest BCUT2D eigenvalue weighted by Gasteiger charge is 2.03. The molecule has 0 radical (unpaired) electrons. The highest BCUT2D eigenvalue weighted by Crippen LogP contribution is 2.23. The Bertz CT molecular complexity index is 403. The SMILES string of the molecule is CNc1nccc(Sc2ncco2)n1. The highest BCUT2D eigenvalue weighted by molar-refractivity contribution is 7.99. The second-order valence-electron chi connectivity index (χ2n) is 2.37. The number of oxazole rings is 1. The molecule has 2 rings (SSSR count). The van der Waals surface area contributed by atoms with Crippen LogP contribution in [0, 0.1) is 0 Å². The molecule has 0 unspecified atom stereocenters. The summed E-state index contributed by atoms with van der Waals surface area (Å²) in [6, 6.07) is 1.80. The maximum Gasteiger partial charge on any atom is 0.261 e. The van der Waals surface area contributed by atoms with Gasteiger partial charge in [0.05, 0.1) is 6.20 Å². The predicted molar refractivity (Wildman–Crippen MR) is 52.2 cm³/mol. The minimum atomic E-state index is 0.575. The molecule has 2 aromatic rings. The number of nitrogens with zero attached hydrogens (tertiary/aromatic N) is 3. The Morgan fingerprint density at radius 2 is 2.29 bits per heavy atom. The van der Waals surface area contributed by atoms with E-state index >= 15 is 0 Å². The standard InChI is InChI=1S/C8H8N4OS/c1-9-7-10-3-2-6(12-7)14-8-11-4-5-13-8/h2-5H,1H3,(H,9,10,12). The van der Waals surface area contributed by atoms with Crippen LogP contribution >= 0.6 is 11.8 Å². The van der Waals surface area contributed by atoms with Gasteiger partial charge in [0, 0.05) is 13.2 Å². The molecule has 0 aromatic carbocycles. The Morgan fingerprint density at radius 3 is 3.00 bits per heavy atom. The number of anilines is 1. The van der Waals surface area contributed by atoms with E-state index in [1.54, 1.807) is 25.5 Å². The zero-order valence-corrected chi connectivity index (χ0v) is 8.28. The highest BCUT2D eigenvalue weighted by atomic mass is 32.2. The van der Waals surface area contributed by atoms with E-state index in [9.17, 15) is 0 Å². The van der Waals surface area contributed by atoms with E-state index in [0.717, 1.165) is 5.03 Å². The summed E-state index contributed by atoms with van der Waals surface area (Å²) in [5.74, 6) is 0.585. The van der Waals surface area contributed by atoms with Gasteiger partial charge in [-0.2, -0.15) is 0 Å². The molecule has 0 amide bonds. The molecule has 0 saturated heterocycles. The molecular formula is C8H8N4OS. The lowest BCUT2D eigenvalue weighted by Crippen LogP contribution is -1.95. The van der Waals surface area contributed by atoms with Gasteiger partial charge >= 0.3 is 0 Å². The van der Waals surface area contributed by atoms with E-state index in [4.69, 9.17) is 4.42 Å². The van der Waals surface area contributed by atoms with E-state index in [2.05, 4.69) is 20.3 Å². The van der Waals surface area contributed by atoms with E-state index in [1.165, 1.54) is 18.0 Å². The average molecular weight is 208 g/mol. The third-order valence-corrected chi connectivity index (χ3v) is 2.27. The summed E-state index contributed by atoms with van der Waals surface area (Å²) >= 11 is 1.35. The van der Waals surface area contributed by atoms with Crippen molar-refractivity contribution in [2.45, 2.75) is 10.2 Å². The van der Waals surface area contributed by atoms with E-state index in [1.807, 2.05) is 0 Å². The van der Waals surface area contributed by atoms with Crippen molar-refractivity contribution in [3.8, 4) is 0 Å². The molecule has 0 fully saturated rings. The predicted octanol–water partition coefficient (Wildman–Crippen LogP) is 1.66. The first kappa shape index (κ1) is 9.01. The van der Waals surface area contributed by atoms with Gasteiger partial charge in [0.15, 0.2) is 0 Å². The van der Waals surface area contributed by atoms with Crippen LogP contribution in [0.1, 0.15) is 0 Å². The van der Waals surface area contributed by atoms with Gasteiger partial charge in [0.1, 0.15) is 11.3 Å². The van der Waals surface area contributed by atoms with Crippen LogP contribution in [0.15, 0.2) is 39.4 Å². The normalized spacial score (nSPS) is 10.1. The zero-order valence-electron chi connectivity index (χ0n) is 7.47. The minimum absolute atomic E-state index is 0.575. The summed E-state index contributed by atoms with van der Waals surface area (Å²) in [4.78, 5) is 12.2. The van der Waals surface area contributed by atoms with Crippen molar-refractivity contribution >= 4 is 17.7 Å². The van der Waals surface area contributed by atoms with Crippen molar-refractivity contribution in [2.75, 3.05) is 12.4 Å². The monoisotopic (exact) mass is 208 g/mol. The Morgan fingerprint density at radius 1 is 1.36 bits per heavy atom. The fraction of sp³-hybridized carbons (Fsp3) is 0.125. The van der Waals surface area contributed by atoms with Crippen molar-refractivity contribution in [3.63, 3.8) is 0 Å². The van der Waals surface area contributed by atoms with E-state index in [-0.39, 0.29) is 0 Å². The summed E-state index contributed by atoms with van der Waals surface area (Å²) < 4.78 is 5.08. The molecular weight excluding hydrogens is 200 g/mol. The number of aromatic nitrogens is 3. The van der Waals surface area contributed by atoms with E-state index < -0.39 is 0 Å². The van der Waals surface area contributed by atoms with Gasteiger partial charge in [-0.3, -0.25) is 0 Å². The molecule has 2 aromatic heterocycles. The van der Waals surface area contributed by atoms with Crippen molar-refractivity contribution in [2.24, 2.45) is 0 Å². The summed E-state index contributed by atoms with van der Waals surface area (Å²) in [5.41, 5.74) is 0. The molecule has 5 nitrogen and oxygen atoms in total. The summed E-state index contributed by atoms with van der Waals surface area (Å²) in [6.45, 7) is 0. The van der Waals surface area contributed by atoms with Gasteiger partial charge < -0.3 is 9.73 Å². The molecule has 0 aliphatic rings. The lowest BCUT2D eigenvalue weighted by atomic mass is 10.7. The third kappa shape index (κ3) is 2.02. The number of nitrogens with one attached hydrogen (secondary N) is 1. The van der Waals surface area contributed by atoms with E-state index in [0.29, 0.717) is 11.2 Å². The minimum Gasteiger partial charge on any atom is -0.440 e. The maximum atomic E-state index is 5.08. The fourth-order valence-electron chi connectivity index (χ4n) is 0.870. The van der Waals surface area contributed by atoms with Crippen molar-refractivity contribution in [1.29, 1.82) is 0 Å². The summed E-state index contributed by atoms with van der Waals surface area (Å²) in [7, 11) is 1.77. The third-order valence-electron chi connectivity index (χ3n) is 1.46. The maximum absolute atomic E-state index is 5.08. The summed E-state index contributed by atoms with van der Waals surface area (Å²) in [5, 5.41) is 4.23. The Balaban J connectivity index is 2.17. The second kappa shape index (κ2) is 4.10. The van der Waals surface area contributed by atoms with Crippen LogP contribution in [-0.4, -0.2) is 22.0 Å². The first-order valence-corrected chi connectivity index (χ1v) is 4.78. The smallest absolute Gasteiger partial charge is 0.261 e. The van der Waals surface area contributed by atoms with Crippen LogP contribution in [-0.2, 0) is 0 Å². The molecule has 2 heterocycles. The van der Waals surface area contributed by atoms with Crippen LogP contribution < -0.4 is 5.32 Å². The number of hydrogen-bond donors (Lipinski definition) is 1. The lowest BCUT2D eigenvalue weighted by Gasteiger charge is -1.99. The Labute approximate surface area is 85.0 Å². The fourth-order valence-corrected chi connectivity index (χ4v) is 1.53. The zero-order chi connectivity index (χ0) is 9.80. The van der Waals surface area contributed by atoms with Gasteiger partial charge in [0.2, 0.25) is 5.95 Å². The molecule has 0 bridgehead atoms. The van der Waals surface area contributed by atoms with Crippen molar-refractivity contribution in [1.82, 2.24) is 15.0 Å². The quantitative estimate of drug-likeness (QED) is 0.774. The molecule has 0 aliphatic carbocycles. The van der Waals surface area contributed by atoms with Gasteiger partial charge in [-0.05, 0) is 17.8 Å². The lowest BCUT2D eigenvalue weighted by molar-refractivity contribution is 0.454. The largest absolute Gasteiger partial charge is 0.440 e. The van der Waals surface area contributed by atoms with Gasteiger partial charge in [-0.25, -0.2) is 15.0 Å². The molecule has 0 spiro atoms. The second-order valence-corrected chi connectivity index (χ2v) is 3.34. The van der Waals surface area contributed by atoms with Crippen molar-refractivity contribution < 1.29 is 4.42 Å². The van der Waals surface area contributed by atoms with Crippen LogP contribution in [0.5, 0.6) is 0 Å². The van der Waals surface area contributed by atoms with Gasteiger partial charge in [-0.1, -0.05) is 0 Å². The first-order chi connectivity index (χ1) is 6.88.